The van der Waals surface area contributed by atoms with E-state index in [1.807, 2.05) is 0 Å². The van der Waals surface area contributed by atoms with Crippen LogP contribution in [0.4, 0.5) is 0 Å². The Bertz CT molecular complexity index is 672. The van der Waals surface area contributed by atoms with E-state index in [9.17, 15) is 13.2 Å². The van der Waals surface area contributed by atoms with Gasteiger partial charge in [-0.05, 0) is 6.42 Å². The maximum atomic E-state index is 11.8. The molecule has 1 atom stereocenters. The summed E-state index contributed by atoms with van der Waals surface area (Å²) in [6.45, 7) is 1.09. The molecule has 8 heteroatoms. The predicted octanol–water partition coefficient (Wildman–Crippen LogP) is -0.231. The van der Waals surface area contributed by atoms with Gasteiger partial charge in [-0.1, -0.05) is 0 Å². The Hall–Kier alpha value is -1.54. The van der Waals surface area contributed by atoms with E-state index in [0.29, 0.717) is 25.3 Å². The lowest BCUT2D eigenvalue weighted by atomic mass is 10.1. The van der Waals surface area contributed by atoms with Crippen LogP contribution in [-0.2, 0) is 27.7 Å². The lowest BCUT2D eigenvalue weighted by Crippen LogP contribution is -2.15. The average molecular weight is 297 g/mol. The first-order valence-corrected chi connectivity index (χ1v) is 8.21. The van der Waals surface area contributed by atoms with Crippen LogP contribution in [0.1, 0.15) is 39.9 Å². The minimum atomic E-state index is -3.01. The Morgan fingerprint density at radius 3 is 2.80 bits per heavy atom. The molecule has 0 bridgehead atoms. The second-order valence-corrected chi connectivity index (χ2v) is 7.28. The van der Waals surface area contributed by atoms with Crippen LogP contribution >= 0.6 is 0 Å². The van der Waals surface area contributed by atoms with Crippen LogP contribution in [0.25, 0.3) is 0 Å². The molecule has 7 nitrogen and oxygen atoms in total. The van der Waals surface area contributed by atoms with Crippen LogP contribution in [-0.4, -0.2) is 43.0 Å². The first kappa shape index (κ1) is 13.4. The quantitative estimate of drug-likeness (QED) is 0.753. The highest BCUT2D eigenvalue weighted by Crippen LogP contribution is 2.28. The second kappa shape index (κ2) is 4.78. The number of fused-ring (bicyclic) bond motifs is 1. The first-order valence-electron chi connectivity index (χ1n) is 6.39. The zero-order valence-electron chi connectivity index (χ0n) is 11.0. The van der Waals surface area contributed by atoms with Crippen LogP contribution < -0.4 is 5.32 Å². The van der Waals surface area contributed by atoms with Crippen molar-refractivity contribution < 1.29 is 17.9 Å². The van der Waals surface area contributed by atoms with Gasteiger partial charge in [0.1, 0.15) is 5.82 Å². The van der Waals surface area contributed by atoms with Gasteiger partial charge in [0.05, 0.1) is 24.3 Å². The molecule has 2 aliphatic rings. The molecule has 0 radical (unpaired) electrons. The van der Waals surface area contributed by atoms with Gasteiger partial charge < -0.3 is 10.1 Å². The van der Waals surface area contributed by atoms with E-state index >= 15 is 0 Å². The van der Waals surface area contributed by atoms with Gasteiger partial charge >= 0.3 is 5.97 Å². The summed E-state index contributed by atoms with van der Waals surface area (Å²) in [5.41, 5.74) is 1.77. The molecule has 108 valence electrons. The van der Waals surface area contributed by atoms with Crippen LogP contribution in [0, 0.1) is 0 Å². The molecule has 1 saturated heterocycles. The molecule has 1 fully saturated rings. The molecule has 2 aliphatic heterocycles. The van der Waals surface area contributed by atoms with E-state index in [0.717, 1.165) is 11.3 Å². The van der Waals surface area contributed by atoms with E-state index in [1.165, 1.54) is 7.11 Å². The molecule has 3 heterocycles. The molecule has 0 amide bonds. The van der Waals surface area contributed by atoms with Crippen LogP contribution in [0.5, 0.6) is 0 Å². The Morgan fingerprint density at radius 1 is 1.35 bits per heavy atom. The predicted molar refractivity (Wildman–Crippen MR) is 69.9 cm³/mol. The van der Waals surface area contributed by atoms with Crippen molar-refractivity contribution in [2.75, 3.05) is 18.6 Å². The third kappa shape index (κ3) is 2.29. The molecular formula is C12H15N3O4S. The third-order valence-corrected chi connectivity index (χ3v) is 5.45. The van der Waals surface area contributed by atoms with Crippen molar-refractivity contribution in [2.45, 2.75) is 25.4 Å². The molecule has 1 N–H and O–H groups in total. The fourth-order valence-corrected chi connectivity index (χ4v) is 4.37. The number of aromatic nitrogens is 2. The molecule has 1 unspecified atom stereocenters. The molecule has 0 spiro atoms. The maximum absolute atomic E-state index is 11.8. The van der Waals surface area contributed by atoms with Crippen molar-refractivity contribution in [3.63, 3.8) is 0 Å². The summed E-state index contributed by atoms with van der Waals surface area (Å²) in [5, 5.41) is 3.11. The Morgan fingerprint density at radius 2 is 2.15 bits per heavy atom. The molecular weight excluding hydrogens is 282 g/mol. The van der Waals surface area contributed by atoms with Crippen LogP contribution in [0.2, 0.25) is 0 Å². The largest absolute Gasteiger partial charge is 0.464 e. The number of nitrogens with one attached hydrogen (secondary N) is 1. The second-order valence-electron chi connectivity index (χ2n) is 5.05. The lowest BCUT2D eigenvalue weighted by molar-refractivity contribution is 0.0592. The van der Waals surface area contributed by atoms with E-state index in [-0.39, 0.29) is 23.1 Å². The molecule has 1 aromatic heterocycles. The topological polar surface area (TPSA) is 98.2 Å². The first-order chi connectivity index (χ1) is 9.50. The third-order valence-electron chi connectivity index (χ3n) is 3.68. The van der Waals surface area contributed by atoms with Crippen molar-refractivity contribution >= 4 is 15.8 Å². The Labute approximate surface area is 116 Å². The maximum Gasteiger partial charge on any atom is 0.357 e. The van der Waals surface area contributed by atoms with Crippen molar-refractivity contribution in [1.82, 2.24) is 15.3 Å². The molecule has 3 rings (SSSR count). The number of esters is 1. The Kier molecular flexibility index (Phi) is 3.21. The van der Waals surface area contributed by atoms with Gasteiger partial charge in [-0.3, -0.25) is 0 Å². The normalized spacial score (nSPS) is 23.6. The standard InChI is InChI=1S/C12H15N3O4S/c1-19-12(16)10-8-4-13-5-9(8)14-11(15-10)7-2-3-20(17,18)6-7/h7,13H,2-6H2,1H3. The minimum Gasteiger partial charge on any atom is -0.464 e. The van der Waals surface area contributed by atoms with Gasteiger partial charge in [0.15, 0.2) is 15.5 Å². The van der Waals surface area contributed by atoms with Gasteiger partial charge in [0.25, 0.3) is 0 Å². The summed E-state index contributed by atoms with van der Waals surface area (Å²) in [4.78, 5) is 20.5. The summed E-state index contributed by atoms with van der Waals surface area (Å²) in [6.07, 6.45) is 0.509. The highest BCUT2D eigenvalue weighted by Gasteiger charge is 2.33. The van der Waals surface area contributed by atoms with Crippen molar-refractivity contribution in [3.05, 3.63) is 22.8 Å². The summed E-state index contributed by atoms with van der Waals surface area (Å²) in [5.74, 6) is -0.0818. The van der Waals surface area contributed by atoms with E-state index < -0.39 is 15.8 Å². The summed E-state index contributed by atoms with van der Waals surface area (Å²) in [7, 11) is -1.70. The zero-order chi connectivity index (χ0) is 14.3. The number of sulfone groups is 1. The number of hydrogen-bond donors (Lipinski definition) is 1. The summed E-state index contributed by atoms with van der Waals surface area (Å²) < 4.78 is 27.9. The van der Waals surface area contributed by atoms with Crippen molar-refractivity contribution in [1.29, 1.82) is 0 Å². The van der Waals surface area contributed by atoms with Gasteiger partial charge in [-0.25, -0.2) is 23.2 Å². The monoisotopic (exact) mass is 297 g/mol. The molecule has 0 saturated carbocycles. The zero-order valence-corrected chi connectivity index (χ0v) is 11.9. The number of carbonyl (C=O) groups is 1. The highest BCUT2D eigenvalue weighted by atomic mass is 32.2. The number of carbonyl (C=O) groups excluding carboxylic acids is 1. The van der Waals surface area contributed by atoms with Crippen LogP contribution in [0.3, 0.4) is 0 Å². The van der Waals surface area contributed by atoms with Gasteiger partial charge in [-0.2, -0.15) is 0 Å². The molecule has 0 aromatic carbocycles. The number of methoxy groups -OCH3 is 1. The number of nitrogens with zero attached hydrogens (tertiary/aromatic N) is 2. The highest BCUT2D eigenvalue weighted by molar-refractivity contribution is 7.91. The minimum absolute atomic E-state index is 0.0554. The fraction of sp³-hybridized carbons (Fsp3) is 0.583. The van der Waals surface area contributed by atoms with Gasteiger partial charge in [-0.15, -0.1) is 0 Å². The molecule has 1 aromatic rings. The van der Waals surface area contributed by atoms with Crippen molar-refractivity contribution in [3.8, 4) is 0 Å². The smallest absolute Gasteiger partial charge is 0.357 e. The Balaban J connectivity index is 2.03. The number of hydrogen-bond acceptors (Lipinski definition) is 7. The SMILES string of the molecule is COC(=O)c1nc(C2CCS(=O)(=O)C2)nc2c1CNC2. The van der Waals surface area contributed by atoms with E-state index in [1.54, 1.807) is 0 Å². The van der Waals surface area contributed by atoms with Crippen molar-refractivity contribution in [2.24, 2.45) is 0 Å². The van der Waals surface area contributed by atoms with Crippen LogP contribution in [0.15, 0.2) is 0 Å². The van der Waals surface area contributed by atoms with Gasteiger partial charge in [0.2, 0.25) is 0 Å². The fourth-order valence-electron chi connectivity index (χ4n) is 2.63. The summed E-state index contributed by atoms with van der Waals surface area (Å²) >= 11 is 0. The molecule has 0 aliphatic carbocycles. The van der Waals surface area contributed by atoms with Gasteiger partial charge in [0, 0.05) is 24.6 Å². The summed E-state index contributed by atoms with van der Waals surface area (Å²) in [6, 6.07) is 0. The average Bonchev–Trinajstić information content (AvgIpc) is 3.02. The van der Waals surface area contributed by atoms with E-state index in [4.69, 9.17) is 4.74 Å². The lowest BCUT2D eigenvalue weighted by Gasteiger charge is -2.11. The molecule has 20 heavy (non-hydrogen) atoms. The van der Waals surface area contributed by atoms with E-state index in [2.05, 4.69) is 15.3 Å². The number of ether oxygens (including phenoxy) is 1. The number of rotatable bonds is 2.